The maximum atomic E-state index is 11.7. The Labute approximate surface area is 102 Å². The predicted molar refractivity (Wildman–Crippen MR) is 69.4 cm³/mol. The van der Waals surface area contributed by atoms with Crippen LogP contribution in [0.2, 0.25) is 0 Å². The van der Waals surface area contributed by atoms with Gasteiger partial charge in [-0.3, -0.25) is 14.3 Å². The molecule has 0 amide bonds. The molecule has 0 saturated carbocycles. The van der Waals surface area contributed by atoms with E-state index < -0.39 is 11.2 Å². The van der Waals surface area contributed by atoms with Crippen LogP contribution < -0.4 is 11.2 Å². The second-order valence-electron chi connectivity index (χ2n) is 4.09. The summed E-state index contributed by atoms with van der Waals surface area (Å²) >= 11 is 0. The van der Waals surface area contributed by atoms with Crippen molar-refractivity contribution in [3.8, 4) is 0 Å². The van der Waals surface area contributed by atoms with Crippen LogP contribution in [0, 0.1) is 0 Å². The number of aliphatic imine (C=N–C) groups is 1. The van der Waals surface area contributed by atoms with E-state index in [1.807, 2.05) is 14.1 Å². The van der Waals surface area contributed by atoms with Gasteiger partial charge in [0.1, 0.15) is 5.65 Å². The minimum Gasteiger partial charge on any atom is -0.369 e. The normalized spacial score (nSPS) is 11.3. The Morgan fingerprint density at radius 2 is 2.17 bits per heavy atom. The minimum atomic E-state index is -0.482. The standard InChI is InChI=1S/C11H13N5O2/c1-15(2)6-13-7-4-8-9(12-5-7)16(3)11(18)14-10(8)17/h4-6H,1-3H3,(H,14,17,18). The number of fused-ring (bicyclic) bond motifs is 1. The van der Waals surface area contributed by atoms with Gasteiger partial charge in [0, 0.05) is 21.1 Å². The highest BCUT2D eigenvalue weighted by atomic mass is 16.2. The number of aromatic amines is 1. The zero-order chi connectivity index (χ0) is 13.3. The van der Waals surface area contributed by atoms with Crippen molar-refractivity contribution >= 4 is 23.1 Å². The van der Waals surface area contributed by atoms with Crippen LogP contribution in [0.3, 0.4) is 0 Å². The van der Waals surface area contributed by atoms with Gasteiger partial charge in [0.05, 0.1) is 23.6 Å². The fourth-order valence-electron chi connectivity index (χ4n) is 1.48. The second-order valence-corrected chi connectivity index (χ2v) is 4.09. The van der Waals surface area contributed by atoms with Crippen LogP contribution in [0.15, 0.2) is 26.8 Å². The maximum Gasteiger partial charge on any atom is 0.329 e. The molecule has 0 unspecified atom stereocenters. The lowest BCUT2D eigenvalue weighted by Gasteiger charge is -2.04. The summed E-state index contributed by atoms with van der Waals surface area (Å²) in [4.78, 5) is 35.3. The molecule has 0 bridgehead atoms. The van der Waals surface area contributed by atoms with Gasteiger partial charge >= 0.3 is 5.69 Å². The molecular formula is C11H13N5O2. The molecular weight excluding hydrogens is 234 g/mol. The molecule has 7 heteroatoms. The third kappa shape index (κ3) is 2.15. The number of hydrogen-bond acceptors (Lipinski definition) is 4. The third-order valence-corrected chi connectivity index (χ3v) is 2.38. The molecule has 0 spiro atoms. The summed E-state index contributed by atoms with van der Waals surface area (Å²) in [5.74, 6) is 0. The number of rotatable bonds is 2. The summed E-state index contributed by atoms with van der Waals surface area (Å²) in [6.45, 7) is 0. The van der Waals surface area contributed by atoms with E-state index in [0.717, 1.165) is 0 Å². The van der Waals surface area contributed by atoms with Gasteiger partial charge in [-0.2, -0.15) is 0 Å². The van der Waals surface area contributed by atoms with Crippen molar-refractivity contribution in [2.75, 3.05) is 14.1 Å². The van der Waals surface area contributed by atoms with Gasteiger partial charge in [-0.1, -0.05) is 0 Å². The molecule has 0 fully saturated rings. The molecule has 2 heterocycles. The first-order valence-electron chi connectivity index (χ1n) is 5.28. The van der Waals surface area contributed by atoms with Crippen LogP contribution in [-0.2, 0) is 7.05 Å². The largest absolute Gasteiger partial charge is 0.369 e. The van der Waals surface area contributed by atoms with Crippen LogP contribution >= 0.6 is 0 Å². The van der Waals surface area contributed by atoms with Crippen LogP contribution in [0.25, 0.3) is 11.0 Å². The number of pyridine rings is 1. The van der Waals surface area contributed by atoms with Gasteiger partial charge in [-0.25, -0.2) is 14.8 Å². The van der Waals surface area contributed by atoms with Crippen LogP contribution in [0.4, 0.5) is 5.69 Å². The van der Waals surface area contributed by atoms with Crippen LogP contribution in [0.1, 0.15) is 0 Å². The Kier molecular flexibility index (Phi) is 2.97. The predicted octanol–water partition coefficient (Wildman–Crippen LogP) is -0.157. The highest BCUT2D eigenvalue weighted by molar-refractivity contribution is 5.77. The number of aryl methyl sites for hydroxylation is 1. The molecule has 94 valence electrons. The van der Waals surface area contributed by atoms with E-state index in [-0.39, 0.29) is 0 Å². The summed E-state index contributed by atoms with van der Waals surface area (Å²) < 4.78 is 1.29. The van der Waals surface area contributed by atoms with E-state index in [4.69, 9.17) is 0 Å². The van der Waals surface area contributed by atoms with Gasteiger partial charge in [0.15, 0.2) is 0 Å². The molecule has 0 saturated heterocycles. The molecule has 2 aromatic heterocycles. The van der Waals surface area contributed by atoms with E-state index in [0.29, 0.717) is 16.7 Å². The van der Waals surface area contributed by atoms with Gasteiger partial charge in [0.2, 0.25) is 0 Å². The van der Waals surface area contributed by atoms with E-state index >= 15 is 0 Å². The molecule has 0 aliphatic heterocycles. The summed E-state index contributed by atoms with van der Waals surface area (Å²) in [7, 11) is 5.24. The number of nitrogens with one attached hydrogen (secondary N) is 1. The van der Waals surface area contributed by atoms with Crippen molar-refractivity contribution in [2.24, 2.45) is 12.0 Å². The zero-order valence-corrected chi connectivity index (χ0v) is 10.3. The lowest BCUT2D eigenvalue weighted by Crippen LogP contribution is -2.28. The Bertz CT molecular complexity index is 726. The fourth-order valence-corrected chi connectivity index (χ4v) is 1.48. The molecule has 18 heavy (non-hydrogen) atoms. The second kappa shape index (κ2) is 4.44. The van der Waals surface area contributed by atoms with E-state index in [1.165, 1.54) is 10.8 Å². The van der Waals surface area contributed by atoms with Crippen LogP contribution in [0.5, 0.6) is 0 Å². The Balaban J connectivity index is 2.66. The average Bonchev–Trinajstić information content (AvgIpc) is 2.33. The van der Waals surface area contributed by atoms with Crippen LogP contribution in [-0.4, -0.2) is 39.9 Å². The smallest absolute Gasteiger partial charge is 0.329 e. The lowest BCUT2D eigenvalue weighted by molar-refractivity contribution is 0.643. The van der Waals surface area contributed by atoms with Crippen molar-refractivity contribution in [2.45, 2.75) is 0 Å². The van der Waals surface area contributed by atoms with E-state index in [9.17, 15) is 9.59 Å². The molecule has 0 atom stereocenters. The summed E-state index contributed by atoms with van der Waals surface area (Å²) in [6.07, 6.45) is 3.13. The van der Waals surface area contributed by atoms with Gasteiger partial charge in [0.25, 0.3) is 5.56 Å². The van der Waals surface area contributed by atoms with E-state index in [2.05, 4.69) is 15.0 Å². The molecule has 0 aliphatic rings. The molecule has 7 nitrogen and oxygen atoms in total. The first kappa shape index (κ1) is 12.0. The number of hydrogen-bond donors (Lipinski definition) is 1. The molecule has 0 aromatic carbocycles. The first-order chi connectivity index (χ1) is 8.49. The van der Waals surface area contributed by atoms with Gasteiger partial charge in [-0.15, -0.1) is 0 Å². The topological polar surface area (TPSA) is 83.3 Å². The highest BCUT2D eigenvalue weighted by Crippen LogP contribution is 2.13. The number of H-pyrrole nitrogens is 1. The molecule has 1 N–H and O–H groups in total. The van der Waals surface area contributed by atoms with Gasteiger partial charge < -0.3 is 4.90 Å². The average molecular weight is 247 g/mol. The summed E-state index contributed by atoms with van der Waals surface area (Å²) in [5, 5.41) is 0.338. The van der Waals surface area contributed by atoms with Gasteiger partial charge in [-0.05, 0) is 6.07 Å². The lowest BCUT2D eigenvalue weighted by atomic mass is 10.3. The Hall–Kier alpha value is -2.44. The van der Waals surface area contributed by atoms with Crippen molar-refractivity contribution in [3.63, 3.8) is 0 Å². The zero-order valence-electron chi connectivity index (χ0n) is 10.3. The summed E-state index contributed by atoms with van der Waals surface area (Å²) in [5.41, 5.74) is -0.0417. The van der Waals surface area contributed by atoms with Crippen molar-refractivity contribution in [3.05, 3.63) is 33.1 Å². The Morgan fingerprint density at radius 1 is 1.44 bits per heavy atom. The van der Waals surface area contributed by atoms with Crippen molar-refractivity contribution in [1.82, 2.24) is 19.4 Å². The molecule has 0 aliphatic carbocycles. The first-order valence-corrected chi connectivity index (χ1v) is 5.28. The number of aromatic nitrogens is 3. The van der Waals surface area contributed by atoms with Crippen molar-refractivity contribution < 1.29 is 0 Å². The fraction of sp³-hybridized carbons (Fsp3) is 0.273. The monoisotopic (exact) mass is 247 g/mol. The maximum absolute atomic E-state index is 11.7. The van der Waals surface area contributed by atoms with Crippen molar-refractivity contribution in [1.29, 1.82) is 0 Å². The number of nitrogens with zero attached hydrogens (tertiary/aromatic N) is 4. The van der Waals surface area contributed by atoms with E-state index in [1.54, 1.807) is 24.4 Å². The highest BCUT2D eigenvalue weighted by Gasteiger charge is 2.06. The molecule has 0 radical (unpaired) electrons. The third-order valence-electron chi connectivity index (χ3n) is 2.38. The summed E-state index contributed by atoms with van der Waals surface area (Å²) in [6, 6.07) is 1.60. The SMILES string of the molecule is CN(C)C=Nc1cnc2c(c1)c(=O)[nH]c(=O)n2C. The quantitative estimate of drug-likeness (QED) is 0.590. The molecule has 2 rings (SSSR count). The molecule has 2 aromatic rings. The Morgan fingerprint density at radius 3 is 2.83 bits per heavy atom. The minimum absolute atomic E-state index is 0.338.